The first kappa shape index (κ1) is 23.6. The van der Waals surface area contributed by atoms with Crippen molar-refractivity contribution in [1.82, 2.24) is 0 Å². The highest BCUT2D eigenvalue weighted by Gasteiger charge is 2.51. The van der Waals surface area contributed by atoms with Gasteiger partial charge in [0.1, 0.15) is 12.0 Å². The van der Waals surface area contributed by atoms with Crippen LogP contribution in [0.1, 0.15) is 41.1 Å². The van der Waals surface area contributed by atoms with Crippen molar-refractivity contribution in [2.24, 2.45) is 0 Å². The molecule has 0 radical (unpaired) electrons. The summed E-state index contributed by atoms with van der Waals surface area (Å²) in [6.45, 7) is 4.42. The fraction of sp³-hybridized carbons (Fsp3) is 0.188. The van der Waals surface area contributed by atoms with Crippen molar-refractivity contribution in [2.45, 2.75) is 25.8 Å². The fourth-order valence-corrected chi connectivity index (χ4v) is 5.13. The Hall–Kier alpha value is -4.18. The number of carbonyl (C=O) groups is 1. The van der Waals surface area contributed by atoms with Gasteiger partial charge in [0.25, 0.3) is 6.54 Å². The minimum atomic E-state index is -0.247. The van der Waals surface area contributed by atoms with E-state index in [1.807, 2.05) is 37.3 Å². The van der Waals surface area contributed by atoms with Gasteiger partial charge in [-0.1, -0.05) is 101 Å². The molecular weight excluding hydrogens is 444 g/mol. The van der Waals surface area contributed by atoms with E-state index in [0.717, 1.165) is 17.0 Å². The molecule has 1 heterocycles. The second kappa shape index (κ2) is 10.6. The van der Waals surface area contributed by atoms with Crippen LogP contribution >= 0.6 is 0 Å². The van der Waals surface area contributed by atoms with Gasteiger partial charge in [-0.2, -0.15) is 0 Å². The van der Waals surface area contributed by atoms with Crippen LogP contribution in [0.25, 0.3) is 0 Å². The quantitative estimate of drug-likeness (QED) is 0.232. The molecule has 0 saturated heterocycles. The van der Waals surface area contributed by atoms with Crippen molar-refractivity contribution >= 4 is 17.4 Å². The number of esters is 1. The summed E-state index contributed by atoms with van der Waals surface area (Å²) in [6, 6.07) is 40.0. The minimum absolute atomic E-state index is 0.00839. The number of hydrogen-bond donors (Lipinski definition) is 0. The molecule has 1 aliphatic rings. The van der Waals surface area contributed by atoms with Gasteiger partial charge in [-0.15, -0.1) is 5.01 Å². The highest BCUT2D eigenvalue weighted by atomic mass is 16.5. The predicted molar refractivity (Wildman–Crippen MR) is 144 cm³/mol. The Morgan fingerprint density at radius 3 is 1.92 bits per heavy atom. The molecule has 4 aromatic carbocycles. The lowest BCUT2D eigenvalue weighted by Gasteiger charge is -2.26. The van der Waals surface area contributed by atoms with Crippen LogP contribution in [0.5, 0.6) is 0 Å². The number of hydrogen-bond acceptors (Lipinski definition) is 3. The molecule has 1 aliphatic heterocycles. The number of para-hydroxylation sites is 1. The van der Waals surface area contributed by atoms with Crippen LogP contribution in [0, 0.1) is 6.92 Å². The van der Waals surface area contributed by atoms with E-state index in [0.29, 0.717) is 6.61 Å². The van der Waals surface area contributed by atoms with Crippen molar-refractivity contribution in [2.75, 3.05) is 18.2 Å². The number of hydrazone groups is 1. The van der Waals surface area contributed by atoms with Gasteiger partial charge in [-0.25, -0.2) is 4.79 Å². The number of anilines is 1. The molecular formula is C32H31N2O2+. The van der Waals surface area contributed by atoms with Gasteiger partial charge in [-0.3, -0.25) is 0 Å². The van der Waals surface area contributed by atoms with Crippen molar-refractivity contribution < 1.29 is 14.2 Å². The predicted octanol–water partition coefficient (Wildman–Crippen LogP) is 6.32. The lowest BCUT2D eigenvalue weighted by atomic mass is 9.81. The molecule has 0 aliphatic carbocycles. The largest absolute Gasteiger partial charge is 0.461 e. The molecule has 2 atom stereocenters. The summed E-state index contributed by atoms with van der Waals surface area (Å²) in [6.07, 6.45) is 0. The first-order valence-corrected chi connectivity index (χ1v) is 12.5. The van der Waals surface area contributed by atoms with Crippen LogP contribution in [-0.4, -0.2) is 29.5 Å². The monoisotopic (exact) mass is 475 g/mol. The van der Waals surface area contributed by atoms with Crippen LogP contribution in [-0.2, 0) is 9.53 Å². The van der Waals surface area contributed by atoms with Crippen LogP contribution in [0.3, 0.4) is 0 Å². The van der Waals surface area contributed by atoms with Gasteiger partial charge in [0.05, 0.1) is 12.3 Å². The average molecular weight is 476 g/mol. The number of hydrazine groups is 1. The van der Waals surface area contributed by atoms with Gasteiger partial charge in [0, 0.05) is 5.56 Å². The lowest BCUT2D eigenvalue weighted by molar-refractivity contribution is -0.528. The summed E-state index contributed by atoms with van der Waals surface area (Å²) in [4.78, 5) is 13.0. The lowest BCUT2D eigenvalue weighted by Crippen LogP contribution is -2.38. The molecule has 0 saturated carbocycles. The number of carbonyl (C=O) groups excluding carboxylic acids is 1. The topological polar surface area (TPSA) is 32.6 Å². The molecule has 0 amide bonds. The Morgan fingerprint density at radius 1 is 0.778 bits per heavy atom. The zero-order valence-corrected chi connectivity index (χ0v) is 20.7. The zero-order valence-electron chi connectivity index (χ0n) is 20.7. The number of aryl methyl sites for hydroxylation is 1. The third kappa shape index (κ3) is 4.67. The smallest absolute Gasteiger partial charge is 0.375 e. The van der Waals surface area contributed by atoms with Gasteiger partial charge in [0.2, 0.25) is 5.71 Å². The van der Waals surface area contributed by atoms with E-state index >= 15 is 0 Å². The number of nitrogens with zero attached hydrogens (tertiary/aromatic N) is 2. The number of ether oxygens (including phenoxy) is 1. The Bertz CT molecular complexity index is 1330. The maximum Gasteiger partial charge on any atom is 0.375 e. The standard InChI is InChI=1S/C32H31N2O2/c1-3-36-29(35)23-33-31(27-21-19-24(2)20-22-27)30(25-13-7-4-8-14-25)32(26-15-9-5-10-16-26)34(33)28-17-11-6-12-18-28/h4-22,30,32H,3,23H2,1-2H3/q+1. The summed E-state index contributed by atoms with van der Waals surface area (Å²) >= 11 is 0. The maximum atomic E-state index is 13.0. The third-order valence-corrected chi connectivity index (χ3v) is 6.66. The second-order valence-corrected chi connectivity index (χ2v) is 9.04. The second-order valence-electron chi connectivity index (χ2n) is 9.04. The molecule has 0 fully saturated rings. The Kier molecular flexibility index (Phi) is 6.94. The highest BCUT2D eigenvalue weighted by Crippen LogP contribution is 2.45. The van der Waals surface area contributed by atoms with Crippen molar-refractivity contribution in [1.29, 1.82) is 0 Å². The number of rotatable bonds is 7. The first-order chi connectivity index (χ1) is 17.7. The molecule has 5 rings (SSSR count). The molecule has 0 bridgehead atoms. The summed E-state index contributed by atoms with van der Waals surface area (Å²) in [5.41, 5.74) is 6.80. The third-order valence-electron chi connectivity index (χ3n) is 6.66. The summed E-state index contributed by atoms with van der Waals surface area (Å²) < 4.78 is 7.58. The zero-order chi connectivity index (χ0) is 24.9. The molecule has 36 heavy (non-hydrogen) atoms. The van der Waals surface area contributed by atoms with Crippen LogP contribution in [0.2, 0.25) is 0 Å². The SMILES string of the molecule is CCOC(=O)C[N+]1=C(c2ccc(C)cc2)C(c2ccccc2)C(c2ccccc2)N1c1ccccc1. The van der Waals surface area contributed by atoms with E-state index < -0.39 is 0 Å². The molecule has 0 N–H and O–H groups in total. The number of benzene rings is 4. The normalized spacial score (nSPS) is 17.3. The van der Waals surface area contributed by atoms with Gasteiger partial charge < -0.3 is 4.74 Å². The molecule has 180 valence electrons. The van der Waals surface area contributed by atoms with Crippen LogP contribution in [0.4, 0.5) is 5.69 Å². The molecule has 4 nitrogen and oxygen atoms in total. The first-order valence-electron chi connectivity index (χ1n) is 12.5. The molecule has 0 aromatic heterocycles. The summed E-state index contributed by atoms with van der Waals surface area (Å²) in [5.74, 6) is -0.255. The van der Waals surface area contributed by atoms with E-state index in [9.17, 15) is 4.79 Å². The highest BCUT2D eigenvalue weighted by molar-refractivity contribution is 6.04. The molecule has 2 unspecified atom stereocenters. The van der Waals surface area contributed by atoms with Crippen molar-refractivity contribution in [3.05, 3.63) is 138 Å². The molecule has 4 heteroatoms. The molecule has 4 aromatic rings. The fourth-order valence-electron chi connectivity index (χ4n) is 5.13. The Labute approximate surface area is 213 Å². The van der Waals surface area contributed by atoms with Crippen LogP contribution < -0.4 is 5.01 Å². The van der Waals surface area contributed by atoms with Gasteiger partial charge in [-0.05, 0) is 49.2 Å². The van der Waals surface area contributed by atoms with E-state index in [4.69, 9.17) is 4.74 Å². The van der Waals surface area contributed by atoms with Crippen LogP contribution in [0.15, 0.2) is 115 Å². The maximum absolute atomic E-state index is 13.0. The van der Waals surface area contributed by atoms with E-state index in [-0.39, 0.29) is 24.5 Å². The minimum Gasteiger partial charge on any atom is -0.461 e. The van der Waals surface area contributed by atoms with E-state index in [1.165, 1.54) is 16.7 Å². The van der Waals surface area contributed by atoms with Gasteiger partial charge >= 0.3 is 5.97 Å². The van der Waals surface area contributed by atoms with E-state index in [1.54, 1.807) is 0 Å². The molecule has 0 spiro atoms. The van der Waals surface area contributed by atoms with Gasteiger partial charge in [0.15, 0.2) is 0 Å². The summed E-state index contributed by atoms with van der Waals surface area (Å²) in [5, 5.41) is 2.28. The Balaban J connectivity index is 1.81. The van der Waals surface area contributed by atoms with E-state index in [2.05, 4.69) is 102 Å². The average Bonchev–Trinajstić information content (AvgIpc) is 3.25. The Morgan fingerprint density at radius 2 is 1.33 bits per heavy atom. The van der Waals surface area contributed by atoms with Crippen molar-refractivity contribution in [3.8, 4) is 0 Å². The summed E-state index contributed by atoms with van der Waals surface area (Å²) in [7, 11) is 0. The van der Waals surface area contributed by atoms with Crippen molar-refractivity contribution in [3.63, 3.8) is 0 Å².